The number of pyridine rings is 2. The summed E-state index contributed by atoms with van der Waals surface area (Å²) in [7, 11) is 0. The van der Waals surface area contributed by atoms with Crippen LogP contribution in [0.5, 0.6) is 17.2 Å². The Morgan fingerprint density at radius 3 is 1.11 bits per heavy atom. The third kappa shape index (κ3) is 9.27. The van der Waals surface area contributed by atoms with Crippen LogP contribution in [0.25, 0.3) is 89.5 Å². The van der Waals surface area contributed by atoms with Crippen molar-refractivity contribution >= 4 is 55.1 Å². The minimum atomic E-state index is -0.0749. The Morgan fingerprint density at radius 2 is 0.714 bits per heavy atom. The molecule has 12 heteroatoms. The molecule has 0 spiro atoms. The van der Waals surface area contributed by atoms with Gasteiger partial charge in [-0.25, -0.2) is 15.0 Å². The van der Waals surface area contributed by atoms with Crippen molar-refractivity contribution in [3.05, 3.63) is 194 Å². The quantitative estimate of drug-likeness (QED) is 0.132. The van der Waals surface area contributed by atoms with Crippen molar-refractivity contribution in [3.8, 4) is 51.6 Å². The molecule has 0 atom stereocenters. The van der Waals surface area contributed by atoms with Gasteiger partial charge in [-0.05, 0) is 60.7 Å². The van der Waals surface area contributed by atoms with Crippen molar-refractivity contribution in [1.29, 1.82) is 0 Å². The number of oxazole rings is 3. The largest absolute Gasteiger partial charge is 2.00 e. The molecule has 63 heavy (non-hydrogen) atoms. The summed E-state index contributed by atoms with van der Waals surface area (Å²) in [4.78, 5) is 21.6. The van der Waals surface area contributed by atoms with Gasteiger partial charge in [0.15, 0.2) is 16.7 Å². The Morgan fingerprint density at radius 1 is 0.365 bits per heavy atom. The Kier molecular flexibility index (Phi) is 12.5. The number of para-hydroxylation sites is 9. The number of rotatable bonds is 3. The maximum Gasteiger partial charge on any atom is 2.00 e. The van der Waals surface area contributed by atoms with Gasteiger partial charge < -0.3 is 28.6 Å². The van der Waals surface area contributed by atoms with Crippen molar-refractivity contribution in [3.63, 3.8) is 0 Å². The van der Waals surface area contributed by atoms with Crippen LogP contribution in [0.1, 0.15) is 0 Å². The molecule has 5 heterocycles. The average molecular weight is 877 g/mol. The number of nitrogens with zero attached hydrogens (tertiary/aromatic N) is 5. The van der Waals surface area contributed by atoms with Crippen LogP contribution >= 0.6 is 0 Å². The van der Waals surface area contributed by atoms with Gasteiger partial charge in [0.05, 0.1) is 16.6 Å². The predicted octanol–water partition coefficient (Wildman–Crippen LogP) is 11.1. The Balaban J connectivity index is 0.000000115. The van der Waals surface area contributed by atoms with E-state index in [2.05, 4.69) is 49.2 Å². The molecule has 12 rings (SSSR count). The zero-order valence-electron chi connectivity index (χ0n) is 33.4. The molecular formula is C51H33N5O6Zn. The number of aromatic nitrogens is 5. The third-order valence-corrected chi connectivity index (χ3v) is 9.60. The summed E-state index contributed by atoms with van der Waals surface area (Å²) in [5, 5.41) is 35.2. The molecule has 5 aromatic heterocycles. The number of hydrogen-bond acceptors (Lipinski definition) is 11. The van der Waals surface area contributed by atoms with Gasteiger partial charge in [-0.15, -0.1) is 0 Å². The van der Waals surface area contributed by atoms with Crippen molar-refractivity contribution < 1.29 is 48.0 Å². The van der Waals surface area contributed by atoms with E-state index < -0.39 is 0 Å². The molecule has 0 saturated heterocycles. The van der Waals surface area contributed by atoms with Crippen LogP contribution in [-0.4, -0.2) is 30.0 Å². The van der Waals surface area contributed by atoms with E-state index in [1.54, 1.807) is 67.0 Å². The molecule has 0 amide bonds. The van der Waals surface area contributed by atoms with Crippen LogP contribution in [0, 0.1) is 0 Å². The summed E-state index contributed by atoms with van der Waals surface area (Å²) in [6.45, 7) is 0. The Labute approximate surface area is 372 Å². The van der Waals surface area contributed by atoms with Gasteiger partial charge in [0.2, 0.25) is 17.7 Å². The van der Waals surface area contributed by atoms with E-state index >= 15 is 0 Å². The van der Waals surface area contributed by atoms with Crippen molar-refractivity contribution in [2.75, 3.05) is 0 Å². The molecule has 0 aliphatic heterocycles. The number of phenolic OH excluding ortho intramolecular Hbond substituents is 1. The molecule has 0 saturated carbocycles. The van der Waals surface area contributed by atoms with Crippen LogP contribution in [0.2, 0.25) is 0 Å². The maximum atomic E-state index is 11.6. The fraction of sp³-hybridized carbons (Fsp3) is 0. The fourth-order valence-corrected chi connectivity index (χ4v) is 6.58. The van der Waals surface area contributed by atoms with Crippen LogP contribution in [0.15, 0.2) is 208 Å². The summed E-state index contributed by atoms with van der Waals surface area (Å²) in [6, 6.07) is 55.0. The van der Waals surface area contributed by atoms with Crippen molar-refractivity contribution in [2.45, 2.75) is 0 Å². The van der Waals surface area contributed by atoms with E-state index in [1.807, 2.05) is 91.0 Å². The second kappa shape index (κ2) is 19.0. The molecule has 11 nitrogen and oxygen atoms in total. The summed E-state index contributed by atoms with van der Waals surface area (Å²) in [6.07, 6.45) is 3.60. The smallest absolute Gasteiger partial charge is 0.872 e. The molecule has 300 valence electrons. The Bertz CT molecular complexity index is 3030. The normalized spacial score (nSPS) is 10.6. The van der Waals surface area contributed by atoms with Crippen LogP contribution in [-0.2, 0) is 19.5 Å². The fourth-order valence-electron chi connectivity index (χ4n) is 6.58. The van der Waals surface area contributed by atoms with Crippen LogP contribution < -0.4 is 10.2 Å². The van der Waals surface area contributed by atoms with Gasteiger partial charge in [-0.3, -0.25) is 9.97 Å². The van der Waals surface area contributed by atoms with Crippen molar-refractivity contribution in [1.82, 2.24) is 24.9 Å². The summed E-state index contributed by atoms with van der Waals surface area (Å²) >= 11 is 0. The van der Waals surface area contributed by atoms with E-state index in [1.165, 1.54) is 12.1 Å². The van der Waals surface area contributed by atoms with Crippen LogP contribution in [0.4, 0.5) is 0 Å². The van der Waals surface area contributed by atoms with E-state index in [0.29, 0.717) is 45.5 Å². The molecule has 0 radical (unpaired) electrons. The molecular weight excluding hydrogens is 844 g/mol. The van der Waals surface area contributed by atoms with E-state index in [4.69, 9.17) is 13.3 Å². The minimum absolute atomic E-state index is 0. The van der Waals surface area contributed by atoms with Gasteiger partial charge in [0.25, 0.3) is 0 Å². The standard InChI is InChI=1S/3C13H9NO2.C12H8N2.Zn/c3*15-11-7-3-1-5-9(11)13-14-10-6-2-4-8-12(10)16-13;1-3-9-5-6-10-4-2-8-14-12(10)11(9)13-7-1;/h3*1-8,15H;1-8H;/q;;;;+2/p-2. The average Bonchev–Trinajstić information content (AvgIpc) is 4.07. The number of phenols is 1. The molecule has 0 aliphatic carbocycles. The minimum Gasteiger partial charge on any atom is -0.872 e. The number of fused-ring (bicyclic) bond motifs is 6. The van der Waals surface area contributed by atoms with E-state index in [-0.39, 0.29) is 36.7 Å². The number of hydrogen-bond donors (Lipinski definition) is 1. The van der Waals surface area contributed by atoms with Gasteiger partial charge in [-0.1, -0.05) is 133 Å². The molecule has 0 aliphatic rings. The molecule has 12 aromatic rings. The summed E-state index contributed by atoms with van der Waals surface area (Å²) < 4.78 is 16.6. The first-order chi connectivity index (χ1) is 30.5. The Hall–Kier alpha value is -8.21. The molecule has 0 bridgehead atoms. The molecule has 1 N–H and O–H groups in total. The third-order valence-electron chi connectivity index (χ3n) is 9.60. The monoisotopic (exact) mass is 875 g/mol. The van der Waals surface area contributed by atoms with Crippen LogP contribution in [0.3, 0.4) is 0 Å². The van der Waals surface area contributed by atoms with Crippen molar-refractivity contribution in [2.24, 2.45) is 0 Å². The van der Waals surface area contributed by atoms with E-state index in [0.717, 1.165) is 43.9 Å². The topological polar surface area (TPSA) is 170 Å². The summed E-state index contributed by atoms with van der Waals surface area (Å²) in [5.74, 6) is 1.23. The second-order valence-corrected chi connectivity index (χ2v) is 13.7. The zero-order valence-corrected chi connectivity index (χ0v) is 36.4. The number of aromatic hydroxyl groups is 1. The molecule has 0 fully saturated rings. The van der Waals surface area contributed by atoms with E-state index in [9.17, 15) is 15.3 Å². The SMILES string of the molecule is Oc1ccccc1-c1nc2ccccc2o1.[O-]c1ccccc1-c1nc2ccccc2o1.[O-]c1ccccc1-c1nc2ccccc2o1.[Zn+2].c1cnc2c(c1)ccc1cccnc12. The molecule has 7 aromatic carbocycles. The maximum absolute atomic E-state index is 11.6. The first-order valence-corrected chi connectivity index (χ1v) is 19.4. The van der Waals surface area contributed by atoms with Gasteiger partial charge in [-0.2, -0.15) is 0 Å². The second-order valence-electron chi connectivity index (χ2n) is 13.7. The van der Waals surface area contributed by atoms with Gasteiger partial charge in [0, 0.05) is 34.3 Å². The molecule has 0 unspecified atom stereocenters. The summed E-state index contributed by atoms with van der Waals surface area (Å²) in [5.41, 5.74) is 8.00. The number of benzene rings is 7. The van der Waals surface area contributed by atoms with Gasteiger partial charge >= 0.3 is 19.5 Å². The zero-order chi connectivity index (χ0) is 42.3. The first kappa shape index (κ1) is 41.5. The predicted molar refractivity (Wildman–Crippen MR) is 236 cm³/mol. The first-order valence-electron chi connectivity index (χ1n) is 19.4. The van der Waals surface area contributed by atoms with Gasteiger partial charge in [0.1, 0.15) is 22.3 Å².